The lowest BCUT2D eigenvalue weighted by Gasteiger charge is -2.28. The Balaban J connectivity index is 4.29. The Kier molecular flexibility index (Phi) is 6.57. The maximum absolute atomic E-state index is 11.8. The second kappa shape index (κ2) is 7.11. The molecule has 0 spiro atoms. The van der Waals surface area contributed by atoms with Gasteiger partial charge in [-0.25, -0.2) is 9.59 Å². The van der Waals surface area contributed by atoms with Gasteiger partial charge in [-0.05, 0) is 19.8 Å². The van der Waals surface area contributed by atoms with Gasteiger partial charge in [-0.15, -0.1) is 0 Å². The molecule has 0 unspecified atom stereocenters. The number of rotatable bonds is 6. The first-order valence-electron chi connectivity index (χ1n) is 5.71. The number of aliphatic hydroxyl groups excluding tert-OH is 1. The third kappa shape index (κ3) is 6.11. The van der Waals surface area contributed by atoms with Crippen LogP contribution in [0.2, 0.25) is 0 Å². The minimum Gasteiger partial charge on any atom is -0.479 e. The van der Waals surface area contributed by atoms with Gasteiger partial charge in [0.15, 0.2) is 6.10 Å². The van der Waals surface area contributed by atoms with E-state index >= 15 is 0 Å². The van der Waals surface area contributed by atoms with E-state index in [9.17, 15) is 9.59 Å². The Bertz CT molecular complexity index is 266. The van der Waals surface area contributed by atoms with Crippen LogP contribution in [-0.4, -0.2) is 52.3 Å². The number of carboxylic acids is 1. The second-order valence-corrected chi connectivity index (χ2v) is 4.68. The maximum Gasteiger partial charge on any atom is 0.334 e. The average Bonchev–Trinajstić information content (AvgIpc) is 2.21. The smallest absolute Gasteiger partial charge is 0.334 e. The van der Waals surface area contributed by atoms with E-state index < -0.39 is 12.1 Å². The van der Waals surface area contributed by atoms with Crippen molar-refractivity contribution in [1.29, 1.82) is 0 Å². The molecule has 0 aliphatic rings. The normalized spacial score (nSPS) is 12.6. The lowest BCUT2D eigenvalue weighted by Crippen LogP contribution is -2.48. The van der Waals surface area contributed by atoms with Crippen molar-refractivity contribution in [2.75, 3.05) is 13.1 Å². The SMILES string of the molecule is CC(C)CN(C(=O)NC[C@H](O)C(=O)O)C(C)C. The number of nitrogens with one attached hydrogen (secondary N) is 1. The van der Waals surface area contributed by atoms with Gasteiger partial charge in [0.2, 0.25) is 0 Å². The highest BCUT2D eigenvalue weighted by Gasteiger charge is 2.20. The summed E-state index contributed by atoms with van der Waals surface area (Å²) in [5.74, 6) is -1.02. The first kappa shape index (κ1) is 15.7. The zero-order valence-electron chi connectivity index (χ0n) is 10.8. The monoisotopic (exact) mass is 246 g/mol. The summed E-state index contributed by atoms with van der Waals surface area (Å²) in [6.07, 6.45) is -1.56. The molecule has 2 amide bonds. The number of amides is 2. The summed E-state index contributed by atoms with van der Waals surface area (Å²) in [7, 11) is 0. The molecule has 100 valence electrons. The number of aliphatic hydroxyl groups is 1. The number of carbonyl (C=O) groups excluding carboxylic acids is 1. The van der Waals surface area contributed by atoms with Crippen molar-refractivity contribution < 1.29 is 19.8 Å². The highest BCUT2D eigenvalue weighted by molar-refractivity contribution is 5.77. The fraction of sp³-hybridized carbons (Fsp3) is 0.818. The minimum absolute atomic E-state index is 0.0272. The Labute approximate surface area is 102 Å². The van der Waals surface area contributed by atoms with Gasteiger partial charge in [0.05, 0.1) is 6.54 Å². The molecule has 0 radical (unpaired) electrons. The van der Waals surface area contributed by atoms with Crippen LogP contribution < -0.4 is 5.32 Å². The Morgan fingerprint density at radius 1 is 1.24 bits per heavy atom. The summed E-state index contributed by atoms with van der Waals surface area (Å²) in [5, 5.41) is 19.9. The van der Waals surface area contributed by atoms with Crippen LogP contribution in [0.3, 0.4) is 0 Å². The van der Waals surface area contributed by atoms with Crippen LogP contribution in [0, 0.1) is 5.92 Å². The summed E-state index contributed by atoms with van der Waals surface area (Å²) in [4.78, 5) is 23.7. The average molecular weight is 246 g/mol. The highest BCUT2D eigenvalue weighted by atomic mass is 16.4. The van der Waals surface area contributed by atoms with Crippen LogP contribution in [0.25, 0.3) is 0 Å². The van der Waals surface area contributed by atoms with E-state index in [0.717, 1.165) is 0 Å². The number of nitrogens with zero attached hydrogens (tertiary/aromatic N) is 1. The van der Waals surface area contributed by atoms with Crippen molar-refractivity contribution in [3.63, 3.8) is 0 Å². The van der Waals surface area contributed by atoms with Crippen molar-refractivity contribution in [2.45, 2.75) is 39.8 Å². The molecule has 6 nitrogen and oxygen atoms in total. The summed E-state index contributed by atoms with van der Waals surface area (Å²) in [5.41, 5.74) is 0. The number of carboxylic acid groups (broad SMARTS) is 1. The van der Waals surface area contributed by atoms with Gasteiger partial charge in [0, 0.05) is 12.6 Å². The van der Waals surface area contributed by atoms with E-state index in [4.69, 9.17) is 10.2 Å². The standard InChI is InChI=1S/C11H22N2O4/c1-7(2)6-13(8(3)4)11(17)12-5-9(14)10(15)16/h7-9,14H,5-6H2,1-4H3,(H,12,17)(H,15,16)/t9-/m0/s1. The fourth-order valence-electron chi connectivity index (χ4n) is 1.29. The number of aliphatic carboxylic acids is 1. The number of carbonyl (C=O) groups is 2. The van der Waals surface area contributed by atoms with Gasteiger partial charge in [-0.1, -0.05) is 13.8 Å². The summed E-state index contributed by atoms with van der Waals surface area (Å²) >= 11 is 0. The van der Waals surface area contributed by atoms with Crippen LogP contribution >= 0.6 is 0 Å². The van der Waals surface area contributed by atoms with E-state index in [1.165, 1.54) is 0 Å². The zero-order valence-corrected chi connectivity index (χ0v) is 10.8. The number of urea groups is 1. The Hall–Kier alpha value is -1.30. The van der Waals surface area contributed by atoms with Crippen molar-refractivity contribution in [1.82, 2.24) is 10.2 Å². The number of hydrogen-bond acceptors (Lipinski definition) is 3. The van der Waals surface area contributed by atoms with Gasteiger partial charge >= 0.3 is 12.0 Å². The van der Waals surface area contributed by atoms with Crippen molar-refractivity contribution in [3.8, 4) is 0 Å². The predicted molar refractivity (Wildman–Crippen MR) is 63.7 cm³/mol. The van der Waals surface area contributed by atoms with Crippen molar-refractivity contribution in [2.24, 2.45) is 5.92 Å². The van der Waals surface area contributed by atoms with Gasteiger partial charge in [-0.3, -0.25) is 0 Å². The first-order valence-corrected chi connectivity index (χ1v) is 5.71. The molecule has 0 aliphatic heterocycles. The van der Waals surface area contributed by atoms with Crippen molar-refractivity contribution >= 4 is 12.0 Å². The van der Waals surface area contributed by atoms with Gasteiger partial charge in [0.25, 0.3) is 0 Å². The molecule has 0 fully saturated rings. The van der Waals surface area contributed by atoms with Crippen LogP contribution in [-0.2, 0) is 4.79 Å². The lowest BCUT2D eigenvalue weighted by atomic mass is 10.2. The number of hydrogen-bond donors (Lipinski definition) is 3. The zero-order chi connectivity index (χ0) is 13.6. The molecule has 0 saturated heterocycles. The topological polar surface area (TPSA) is 89.9 Å². The third-order valence-electron chi connectivity index (χ3n) is 2.18. The molecular formula is C11H22N2O4. The molecule has 17 heavy (non-hydrogen) atoms. The molecule has 0 bridgehead atoms. The van der Waals surface area contributed by atoms with E-state index in [2.05, 4.69) is 5.32 Å². The molecule has 0 heterocycles. The molecular weight excluding hydrogens is 224 g/mol. The maximum atomic E-state index is 11.8. The van der Waals surface area contributed by atoms with Crippen molar-refractivity contribution in [3.05, 3.63) is 0 Å². The molecule has 0 saturated carbocycles. The van der Waals surface area contributed by atoms with Gasteiger partial charge < -0.3 is 20.4 Å². The quantitative estimate of drug-likeness (QED) is 0.637. The van der Waals surface area contributed by atoms with Gasteiger partial charge in [0.1, 0.15) is 0 Å². The lowest BCUT2D eigenvalue weighted by molar-refractivity contribution is -0.146. The van der Waals surface area contributed by atoms with E-state index in [0.29, 0.717) is 12.5 Å². The van der Waals surface area contributed by atoms with Crippen LogP contribution in [0.15, 0.2) is 0 Å². The summed E-state index contributed by atoms with van der Waals surface area (Å²) in [6, 6.07) is -0.326. The largest absolute Gasteiger partial charge is 0.479 e. The molecule has 6 heteroatoms. The molecule has 0 aliphatic carbocycles. The van der Waals surface area contributed by atoms with E-state index in [1.54, 1.807) is 4.90 Å². The van der Waals surface area contributed by atoms with E-state index in [1.807, 2.05) is 27.7 Å². The second-order valence-electron chi connectivity index (χ2n) is 4.68. The molecule has 0 aromatic carbocycles. The molecule has 1 atom stereocenters. The minimum atomic E-state index is -1.56. The molecule has 0 aromatic rings. The highest BCUT2D eigenvalue weighted by Crippen LogP contribution is 2.04. The summed E-state index contributed by atoms with van der Waals surface area (Å²) < 4.78 is 0. The summed E-state index contributed by atoms with van der Waals surface area (Å²) in [6.45, 7) is 8.07. The molecule has 3 N–H and O–H groups in total. The third-order valence-corrected chi connectivity index (χ3v) is 2.18. The molecule has 0 rings (SSSR count). The van der Waals surface area contributed by atoms with Crippen LogP contribution in [0.5, 0.6) is 0 Å². The Morgan fingerprint density at radius 2 is 1.76 bits per heavy atom. The Morgan fingerprint density at radius 3 is 2.12 bits per heavy atom. The fourth-order valence-corrected chi connectivity index (χ4v) is 1.29. The van der Waals surface area contributed by atoms with E-state index in [-0.39, 0.29) is 18.6 Å². The first-order chi connectivity index (χ1) is 7.75. The predicted octanol–water partition coefficient (Wildman–Crippen LogP) is 0.508. The van der Waals surface area contributed by atoms with Crippen LogP contribution in [0.4, 0.5) is 4.79 Å². The van der Waals surface area contributed by atoms with Crippen LogP contribution in [0.1, 0.15) is 27.7 Å². The van der Waals surface area contributed by atoms with Gasteiger partial charge in [-0.2, -0.15) is 0 Å². The molecule has 0 aromatic heterocycles.